The highest BCUT2D eigenvalue weighted by atomic mass is 35.5. The summed E-state index contributed by atoms with van der Waals surface area (Å²) in [5.74, 6) is 0.155. The summed E-state index contributed by atoms with van der Waals surface area (Å²) in [6.07, 6.45) is 2.80. The molecule has 0 saturated heterocycles. The van der Waals surface area contributed by atoms with Crippen LogP contribution in [0.5, 0.6) is 0 Å². The van der Waals surface area contributed by atoms with Crippen molar-refractivity contribution >= 4 is 40.6 Å². The number of carbonyl (C=O) groups excluding carboxylic acids is 1. The fraction of sp³-hybridized carbons (Fsp3) is 0.286. The van der Waals surface area contributed by atoms with Crippen LogP contribution < -0.4 is 11.0 Å². The molecule has 1 N–H and O–H groups in total. The average Bonchev–Trinajstić information content (AvgIpc) is 3.40. The number of thiophene rings is 1. The van der Waals surface area contributed by atoms with Gasteiger partial charge in [0.05, 0.1) is 12.3 Å². The summed E-state index contributed by atoms with van der Waals surface area (Å²) in [7, 11) is 0. The predicted octanol–water partition coefficient (Wildman–Crippen LogP) is 3.90. The topological polar surface area (TPSA) is 64.0 Å². The van der Waals surface area contributed by atoms with Crippen LogP contribution in [0.2, 0.25) is 5.02 Å². The Morgan fingerprint density at radius 2 is 2.07 bits per heavy atom. The summed E-state index contributed by atoms with van der Waals surface area (Å²) in [5, 5.41) is 6.29. The van der Waals surface area contributed by atoms with E-state index in [4.69, 9.17) is 11.6 Å². The van der Waals surface area contributed by atoms with Gasteiger partial charge in [0.2, 0.25) is 5.91 Å². The summed E-state index contributed by atoms with van der Waals surface area (Å²) < 4.78 is 1.79. The first-order chi connectivity index (χ1) is 14.1. The van der Waals surface area contributed by atoms with Gasteiger partial charge in [-0.3, -0.25) is 9.36 Å². The van der Waals surface area contributed by atoms with Gasteiger partial charge in [-0.15, -0.1) is 11.3 Å². The van der Waals surface area contributed by atoms with Crippen LogP contribution >= 0.6 is 34.7 Å². The highest BCUT2D eigenvalue weighted by Gasteiger charge is 2.22. The van der Waals surface area contributed by atoms with Crippen molar-refractivity contribution in [3.63, 3.8) is 0 Å². The Kier molecular flexibility index (Phi) is 6.37. The molecule has 29 heavy (non-hydrogen) atoms. The lowest BCUT2D eigenvalue weighted by molar-refractivity contribution is -0.118. The number of rotatable bonds is 7. The first-order valence-electron chi connectivity index (χ1n) is 9.39. The van der Waals surface area contributed by atoms with Crippen molar-refractivity contribution in [3.05, 3.63) is 79.0 Å². The molecule has 5 nitrogen and oxygen atoms in total. The van der Waals surface area contributed by atoms with Crippen LogP contribution in [0.3, 0.4) is 0 Å². The smallest absolute Gasteiger partial charge is 0.349 e. The van der Waals surface area contributed by atoms with Gasteiger partial charge in [0, 0.05) is 27.7 Å². The Balaban J connectivity index is 1.42. The van der Waals surface area contributed by atoms with Gasteiger partial charge < -0.3 is 5.32 Å². The van der Waals surface area contributed by atoms with E-state index >= 15 is 0 Å². The van der Waals surface area contributed by atoms with E-state index in [2.05, 4.69) is 10.3 Å². The molecular formula is C21H20ClN3O2S2. The van der Waals surface area contributed by atoms with Gasteiger partial charge in [0.25, 0.3) is 0 Å². The maximum Gasteiger partial charge on any atom is 0.349 e. The van der Waals surface area contributed by atoms with Crippen LogP contribution in [0, 0.1) is 0 Å². The third-order valence-electron chi connectivity index (χ3n) is 4.84. The SMILES string of the molecule is O=C(CSc1nc(=O)n(Cc2cccs2)c2c1CCC2)NCc1ccc(Cl)cc1. The summed E-state index contributed by atoms with van der Waals surface area (Å²) in [6.45, 7) is 1.02. The van der Waals surface area contributed by atoms with Gasteiger partial charge >= 0.3 is 5.69 Å². The van der Waals surface area contributed by atoms with Gasteiger partial charge in [-0.1, -0.05) is 41.6 Å². The van der Waals surface area contributed by atoms with E-state index in [-0.39, 0.29) is 17.3 Å². The monoisotopic (exact) mass is 445 g/mol. The van der Waals surface area contributed by atoms with Gasteiger partial charge in [-0.05, 0) is 48.4 Å². The lowest BCUT2D eigenvalue weighted by atomic mass is 10.2. The molecule has 2 aromatic heterocycles. The van der Waals surface area contributed by atoms with Crippen molar-refractivity contribution in [2.75, 3.05) is 5.75 Å². The number of benzene rings is 1. The van der Waals surface area contributed by atoms with Crippen LogP contribution in [-0.4, -0.2) is 21.2 Å². The molecule has 1 aromatic carbocycles. The fourth-order valence-electron chi connectivity index (χ4n) is 3.41. The van der Waals surface area contributed by atoms with Gasteiger partial charge in [0.15, 0.2) is 0 Å². The summed E-state index contributed by atoms with van der Waals surface area (Å²) >= 11 is 8.87. The van der Waals surface area contributed by atoms with Crippen molar-refractivity contribution in [3.8, 4) is 0 Å². The number of halogens is 1. The number of amides is 1. The number of fused-ring (bicyclic) bond motifs is 1. The van der Waals surface area contributed by atoms with Crippen molar-refractivity contribution in [1.82, 2.24) is 14.9 Å². The fourth-order valence-corrected chi connectivity index (χ4v) is 5.14. The van der Waals surface area contributed by atoms with E-state index in [1.165, 1.54) is 11.8 Å². The standard InChI is InChI=1S/C21H20ClN3O2S2/c22-15-8-6-14(7-9-15)11-23-19(26)13-29-20-17-4-1-5-18(17)25(21(27)24-20)12-16-3-2-10-28-16/h2-3,6-10H,1,4-5,11-13H2,(H,23,26). The molecule has 3 aromatic rings. The normalized spacial score (nSPS) is 12.7. The Hall–Kier alpha value is -2.09. The van der Waals surface area contributed by atoms with E-state index in [9.17, 15) is 9.59 Å². The Labute approximate surface area is 182 Å². The van der Waals surface area contributed by atoms with E-state index in [0.29, 0.717) is 23.1 Å². The lowest BCUT2D eigenvalue weighted by Gasteiger charge is -2.13. The highest BCUT2D eigenvalue weighted by molar-refractivity contribution is 7.99. The minimum absolute atomic E-state index is 0.0822. The van der Waals surface area contributed by atoms with Crippen molar-refractivity contribution < 1.29 is 4.79 Å². The molecule has 0 saturated carbocycles. The molecule has 0 aliphatic heterocycles. The summed E-state index contributed by atoms with van der Waals surface area (Å²) in [5.41, 5.74) is 2.95. The molecule has 4 rings (SSSR count). The molecule has 8 heteroatoms. The number of nitrogens with zero attached hydrogens (tertiary/aromatic N) is 2. The molecule has 0 spiro atoms. The van der Waals surface area contributed by atoms with Crippen molar-refractivity contribution in [1.29, 1.82) is 0 Å². The molecule has 1 amide bonds. The largest absolute Gasteiger partial charge is 0.351 e. The molecule has 0 radical (unpaired) electrons. The average molecular weight is 446 g/mol. The first-order valence-corrected chi connectivity index (χ1v) is 11.6. The number of hydrogen-bond donors (Lipinski definition) is 1. The second-order valence-corrected chi connectivity index (χ2v) is 9.27. The Bertz CT molecular complexity index is 1060. The van der Waals surface area contributed by atoms with Crippen molar-refractivity contribution in [2.24, 2.45) is 0 Å². The third kappa shape index (κ3) is 4.91. The minimum Gasteiger partial charge on any atom is -0.351 e. The molecule has 0 atom stereocenters. The number of carbonyl (C=O) groups is 1. The van der Waals surface area contributed by atoms with Crippen LogP contribution in [0.4, 0.5) is 0 Å². The molecular weight excluding hydrogens is 426 g/mol. The highest BCUT2D eigenvalue weighted by Crippen LogP contribution is 2.29. The number of nitrogens with one attached hydrogen (secondary N) is 1. The number of hydrogen-bond acceptors (Lipinski definition) is 5. The zero-order valence-electron chi connectivity index (χ0n) is 15.7. The molecule has 0 fully saturated rings. The van der Waals surface area contributed by atoms with E-state index in [0.717, 1.165) is 41.0 Å². The summed E-state index contributed by atoms with van der Waals surface area (Å²) in [6, 6.07) is 11.4. The minimum atomic E-state index is -0.233. The van der Waals surface area contributed by atoms with Crippen LogP contribution in [0.15, 0.2) is 51.6 Å². The van der Waals surface area contributed by atoms with Gasteiger partial charge in [-0.25, -0.2) is 4.79 Å². The van der Waals surface area contributed by atoms with Crippen LogP contribution in [0.1, 0.15) is 28.1 Å². The second kappa shape index (κ2) is 9.15. The van der Waals surface area contributed by atoms with Crippen LogP contribution in [-0.2, 0) is 30.7 Å². The number of thioether (sulfide) groups is 1. The zero-order chi connectivity index (χ0) is 20.2. The third-order valence-corrected chi connectivity index (χ3v) is 6.97. The van der Waals surface area contributed by atoms with Gasteiger partial charge in [0.1, 0.15) is 5.03 Å². The Morgan fingerprint density at radius 1 is 1.24 bits per heavy atom. The number of aromatic nitrogens is 2. The predicted molar refractivity (Wildman–Crippen MR) is 118 cm³/mol. The van der Waals surface area contributed by atoms with E-state index in [1.54, 1.807) is 28.0 Å². The Morgan fingerprint density at radius 3 is 2.83 bits per heavy atom. The van der Waals surface area contributed by atoms with E-state index in [1.807, 2.05) is 29.6 Å². The maximum absolute atomic E-state index is 12.6. The van der Waals surface area contributed by atoms with Crippen molar-refractivity contribution in [2.45, 2.75) is 37.4 Å². The first kappa shape index (κ1) is 20.2. The summed E-state index contributed by atoms with van der Waals surface area (Å²) in [4.78, 5) is 30.3. The molecule has 150 valence electrons. The lowest BCUT2D eigenvalue weighted by Crippen LogP contribution is -2.28. The second-order valence-electron chi connectivity index (χ2n) is 6.84. The molecule has 1 aliphatic carbocycles. The molecule has 0 unspecified atom stereocenters. The molecule has 1 aliphatic rings. The van der Waals surface area contributed by atoms with Gasteiger partial charge in [-0.2, -0.15) is 4.98 Å². The molecule has 2 heterocycles. The van der Waals surface area contributed by atoms with Crippen LogP contribution in [0.25, 0.3) is 0 Å². The quantitative estimate of drug-likeness (QED) is 0.442. The zero-order valence-corrected chi connectivity index (χ0v) is 18.1. The van der Waals surface area contributed by atoms with E-state index < -0.39 is 0 Å². The molecule has 0 bridgehead atoms. The maximum atomic E-state index is 12.6.